The van der Waals surface area contributed by atoms with E-state index < -0.39 is 0 Å². The number of anilines is 1. The summed E-state index contributed by atoms with van der Waals surface area (Å²) in [6, 6.07) is 11.1. The third kappa shape index (κ3) is 1.47. The molecule has 1 aliphatic carbocycles. The van der Waals surface area contributed by atoms with Gasteiger partial charge in [-0.3, -0.25) is 0 Å². The SMILES string of the molecule is c1ccc(-c2cn3c(n2)NCC2CCCC23)cc1. The van der Waals surface area contributed by atoms with Gasteiger partial charge in [-0.2, -0.15) is 0 Å². The average Bonchev–Trinajstić information content (AvgIpc) is 3.05. The third-order valence-corrected chi connectivity index (χ3v) is 4.30. The Balaban J connectivity index is 1.77. The van der Waals surface area contributed by atoms with Gasteiger partial charge < -0.3 is 9.88 Å². The Morgan fingerprint density at radius 3 is 2.94 bits per heavy atom. The van der Waals surface area contributed by atoms with Gasteiger partial charge in [-0.15, -0.1) is 0 Å². The fourth-order valence-electron chi connectivity index (χ4n) is 3.37. The lowest BCUT2D eigenvalue weighted by molar-refractivity contribution is 0.376. The van der Waals surface area contributed by atoms with Crippen LogP contribution in [0.1, 0.15) is 25.3 Å². The molecule has 1 aromatic carbocycles. The van der Waals surface area contributed by atoms with Crippen LogP contribution in [-0.4, -0.2) is 16.1 Å². The number of nitrogens with zero attached hydrogens (tertiary/aromatic N) is 2. The molecular formula is C15H17N3. The van der Waals surface area contributed by atoms with E-state index in [-0.39, 0.29) is 0 Å². The van der Waals surface area contributed by atoms with Crippen LogP contribution in [0.4, 0.5) is 5.95 Å². The lowest BCUT2D eigenvalue weighted by Gasteiger charge is -2.28. The van der Waals surface area contributed by atoms with E-state index in [9.17, 15) is 0 Å². The number of hydrogen-bond acceptors (Lipinski definition) is 2. The molecule has 1 fully saturated rings. The largest absolute Gasteiger partial charge is 0.355 e. The highest BCUT2D eigenvalue weighted by Gasteiger charge is 2.33. The summed E-state index contributed by atoms with van der Waals surface area (Å²) >= 11 is 0. The summed E-state index contributed by atoms with van der Waals surface area (Å²) in [5, 5.41) is 3.48. The molecule has 3 nitrogen and oxygen atoms in total. The first kappa shape index (κ1) is 10.2. The van der Waals surface area contributed by atoms with E-state index in [1.165, 1.54) is 24.8 Å². The van der Waals surface area contributed by atoms with Gasteiger partial charge in [0.2, 0.25) is 5.95 Å². The summed E-state index contributed by atoms with van der Waals surface area (Å²) in [6.45, 7) is 1.09. The molecule has 2 aliphatic rings. The highest BCUT2D eigenvalue weighted by molar-refractivity contribution is 5.61. The third-order valence-electron chi connectivity index (χ3n) is 4.30. The Bertz CT molecular complexity index is 558. The highest BCUT2D eigenvalue weighted by atomic mass is 15.2. The van der Waals surface area contributed by atoms with Crippen LogP contribution >= 0.6 is 0 Å². The van der Waals surface area contributed by atoms with E-state index in [1.807, 2.05) is 6.07 Å². The van der Waals surface area contributed by atoms with Gasteiger partial charge in [-0.1, -0.05) is 36.8 Å². The second kappa shape index (κ2) is 3.87. The Morgan fingerprint density at radius 1 is 1.17 bits per heavy atom. The summed E-state index contributed by atoms with van der Waals surface area (Å²) in [7, 11) is 0. The first-order valence-corrected chi connectivity index (χ1v) is 6.80. The van der Waals surface area contributed by atoms with E-state index in [0.717, 1.165) is 24.1 Å². The minimum absolute atomic E-state index is 0.672. The number of rotatable bonds is 1. The molecule has 1 N–H and O–H groups in total. The number of benzene rings is 1. The van der Waals surface area contributed by atoms with E-state index in [4.69, 9.17) is 4.98 Å². The van der Waals surface area contributed by atoms with Gasteiger partial charge in [-0.25, -0.2) is 4.98 Å². The molecule has 1 aliphatic heterocycles. The molecule has 0 radical (unpaired) electrons. The Hall–Kier alpha value is -1.77. The predicted molar refractivity (Wildman–Crippen MR) is 72.5 cm³/mol. The van der Waals surface area contributed by atoms with E-state index in [2.05, 4.69) is 40.3 Å². The van der Waals surface area contributed by atoms with Crippen molar-refractivity contribution in [3.05, 3.63) is 36.5 Å². The Morgan fingerprint density at radius 2 is 2.06 bits per heavy atom. The maximum absolute atomic E-state index is 4.73. The number of hydrogen-bond donors (Lipinski definition) is 1. The standard InChI is InChI=1S/C15H17N3/c1-2-5-11(6-3-1)13-10-18-14-8-4-7-12(14)9-16-15(18)17-13/h1-3,5-6,10,12,14H,4,7-9H2,(H,16,17). The average molecular weight is 239 g/mol. The summed E-state index contributed by atoms with van der Waals surface area (Å²) < 4.78 is 2.36. The monoisotopic (exact) mass is 239 g/mol. The fraction of sp³-hybridized carbons (Fsp3) is 0.400. The Labute approximate surface area is 107 Å². The van der Waals surface area contributed by atoms with Crippen molar-refractivity contribution >= 4 is 5.95 Å². The van der Waals surface area contributed by atoms with Crippen LogP contribution in [-0.2, 0) is 0 Å². The second-order valence-corrected chi connectivity index (χ2v) is 5.36. The topological polar surface area (TPSA) is 29.9 Å². The minimum atomic E-state index is 0.672. The van der Waals surface area contributed by atoms with Gasteiger partial charge in [0.25, 0.3) is 0 Å². The molecule has 92 valence electrons. The number of aromatic nitrogens is 2. The first-order valence-electron chi connectivity index (χ1n) is 6.80. The van der Waals surface area contributed by atoms with Crippen molar-refractivity contribution < 1.29 is 0 Å². The number of fused-ring (bicyclic) bond motifs is 3. The summed E-state index contributed by atoms with van der Waals surface area (Å²) in [6.07, 6.45) is 6.25. The molecule has 0 saturated heterocycles. The van der Waals surface area contributed by atoms with Gasteiger partial charge in [0.15, 0.2) is 0 Å². The van der Waals surface area contributed by atoms with Crippen LogP contribution in [0.3, 0.4) is 0 Å². The van der Waals surface area contributed by atoms with Crippen molar-refractivity contribution in [2.45, 2.75) is 25.3 Å². The smallest absolute Gasteiger partial charge is 0.203 e. The summed E-state index contributed by atoms with van der Waals surface area (Å²) in [5.41, 5.74) is 2.29. The summed E-state index contributed by atoms with van der Waals surface area (Å²) in [4.78, 5) is 4.73. The molecule has 2 unspecified atom stereocenters. The minimum Gasteiger partial charge on any atom is -0.355 e. The zero-order chi connectivity index (χ0) is 11.9. The van der Waals surface area contributed by atoms with E-state index in [1.54, 1.807) is 0 Å². The van der Waals surface area contributed by atoms with E-state index >= 15 is 0 Å². The van der Waals surface area contributed by atoms with Crippen molar-refractivity contribution in [3.8, 4) is 11.3 Å². The maximum atomic E-state index is 4.73. The second-order valence-electron chi connectivity index (χ2n) is 5.36. The van der Waals surface area contributed by atoms with Crippen LogP contribution < -0.4 is 5.32 Å². The van der Waals surface area contributed by atoms with Crippen LogP contribution in [0.2, 0.25) is 0 Å². The first-order chi connectivity index (χ1) is 8.92. The van der Waals surface area contributed by atoms with Crippen molar-refractivity contribution in [2.24, 2.45) is 5.92 Å². The van der Waals surface area contributed by atoms with Crippen LogP contribution in [0.15, 0.2) is 36.5 Å². The molecular weight excluding hydrogens is 222 g/mol. The van der Waals surface area contributed by atoms with Gasteiger partial charge in [0.1, 0.15) is 0 Å². The van der Waals surface area contributed by atoms with Crippen LogP contribution in [0.5, 0.6) is 0 Å². The molecule has 2 atom stereocenters. The molecule has 0 spiro atoms. The number of nitrogens with one attached hydrogen (secondary N) is 1. The quantitative estimate of drug-likeness (QED) is 0.827. The molecule has 0 bridgehead atoms. The number of imidazole rings is 1. The Kier molecular flexibility index (Phi) is 2.19. The van der Waals surface area contributed by atoms with Gasteiger partial charge in [0.05, 0.1) is 5.69 Å². The predicted octanol–water partition coefficient (Wildman–Crippen LogP) is 3.32. The molecule has 2 heterocycles. The molecule has 3 heteroatoms. The zero-order valence-corrected chi connectivity index (χ0v) is 10.3. The normalized spacial score (nSPS) is 25.3. The summed E-state index contributed by atoms with van der Waals surface area (Å²) in [5.74, 6) is 1.85. The van der Waals surface area contributed by atoms with Crippen LogP contribution in [0, 0.1) is 5.92 Å². The molecule has 0 amide bonds. The van der Waals surface area contributed by atoms with Crippen LogP contribution in [0.25, 0.3) is 11.3 Å². The lowest BCUT2D eigenvalue weighted by Crippen LogP contribution is -2.28. The van der Waals surface area contributed by atoms with Gasteiger partial charge in [0, 0.05) is 24.3 Å². The molecule has 1 aromatic heterocycles. The van der Waals surface area contributed by atoms with E-state index in [0.29, 0.717) is 6.04 Å². The van der Waals surface area contributed by atoms with Crippen molar-refractivity contribution in [2.75, 3.05) is 11.9 Å². The molecule has 1 saturated carbocycles. The zero-order valence-electron chi connectivity index (χ0n) is 10.3. The van der Waals surface area contributed by atoms with Gasteiger partial charge >= 0.3 is 0 Å². The van der Waals surface area contributed by atoms with Crippen molar-refractivity contribution in [1.82, 2.24) is 9.55 Å². The van der Waals surface area contributed by atoms with Crippen molar-refractivity contribution in [1.29, 1.82) is 0 Å². The molecule has 2 aromatic rings. The molecule has 18 heavy (non-hydrogen) atoms. The fourth-order valence-corrected chi connectivity index (χ4v) is 3.37. The lowest BCUT2D eigenvalue weighted by atomic mass is 10.0. The highest BCUT2D eigenvalue weighted by Crippen LogP contribution is 2.41. The van der Waals surface area contributed by atoms with Gasteiger partial charge in [-0.05, 0) is 18.8 Å². The van der Waals surface area contributed by atoms with Crippen molar-refractivity contribution in [3.63, 3.8) is 0 Å². The molecule has 4 rings (SSSR count). The maximum Gasteiger partial charge on any atom is 0.203 e.